The van der Waals surface area contributed by atoms with Crippen molar-refractivity contribution in [2.24, 2.45) is 0 Å². The van der Waals surface area contributed by atoms with Gasteiger partial charge in [-0.05, 0) is 29.7 Å². The Hall–Kier alpha value is -2.52. The van der Waals surface area contributed by atoms with Gasteiger partial charge in [0.05, 0.1) is 30.1 Å². The fourth-order valence-corrected chi connectivity index (χ4v) is 5.21. The fourth-order valence-electron chi connectivity index (χ4n) is 3.97. The summed E-state index contributed by atoms with van der Waals surface area (Å²) in [6.07, 6.45) is 3.04. The number of amides is 1. The molecular formula is C23H26N2O5S. The maximum Gasteiger partial charge on any atom is 0.241 e. The van der Waals surface area contributed by atoms with Crippen molar-refractivity contribution in [3.63, 3.8) is 0 Å². The predicted molar refractivity (Wildman–Crippen MR) is 116 cm³/mol. The third-order valence-electron chi connectivity index (χ3n) is 5.67. The Labute approximate surface area is 182 Å². The lowest BCUT2D eigenvalue weighted by molar-refractivity contribution is -0.136. The van der Waals surface area contributed by atoms with Crippen molar-refractivity contribution in [2.75, 3.05) is 13.2 Å². The van der Waals surface area contributed by atoms with Crippen LogP contribution in [0.4, 0.5) is 0 Å². The van der Waals surface area contributed by atoms with E-state index in [1.54, 1.807) is 30.4 Å². The number of carbonyl (C=O) groups excluding carboxylic acids is 1. The second kappa shape index (κ2) is 9.32. The zero-order valence-electron chi connectivity index (χ0n) is 17.1. The molecule has 0 unspecified atom stereocenters. The largest absolute Gasteiger partial charge is 0.394 e. The summed E-state index contributed by atoms with van der Waals surface area (Å²) in [6, 6.07) is 15.4. The van der Waals surface area contributed by atoms with E-state index in [1.165, 1.54) is 17.7 Å². The molecule has 2 aliphatic rings. The maximum atomic E-state index is 12.8. The minimum Gasteiger partial charge on any atom is -0.394 e. The zero-order chi connectivity index (χ0) is 21.8. The Balaban J connectivity index is 1.39. The summed E-state index contributed by atoms with van der Waals surface area (Å²) in [5, 5.41) is 9.75. The molecule has 0 spiro atoms. The molecule has 0 saturated carbocycles. The number of sulfonamides is 1. The number of fused-ring (bicyclic) bond motifs is 1. The highest BCUT2D eigenvalue weighted by atomic mass is 32.2. The van der Waals surface area contributed by atoms with Crippen LogP contribution in [0.15, 0.2) is 71.6 Å². The molecule has 2 aromatic carbocycles. The van der Waals surface area contributed by atoms with Gasteiger partial charge in [-0.25, -0.2) is 13.1 Å². The number of aliphatic hydroxyl groups is 1. The van der Waals surface area contributed by atoms with Crippen molar-refractivity contribution >= 4 is 15.9 Å². The Morgan fingerprint density at radius 3 is 2.52 bits per heavy atom. The first kappa shape index (κ1) is 21.7. The monoisotopic (exact) mass is 442 g/mol. The molecule has 2 aliphatic heterocycles. The fraction of sp³-hybridized carbons (Fsp3) is 0.348. The molecule has 0 saturated heterocycles. The van der Waals surface area contributed by atoms with E-state index in [1.807, 2.05) is 23.1 Å². The van der Waals surface area contributed by atoms with E-state index in [9.17, 15) is 18.3 Å². The van der Waals surface area contributed by atoms with Crippen LogP contribution in [0.2, 0.25) is 0 Å². The van der Waals surface area contributed by atoms with Crippen LogP contribution < -0.4 is 4.72 Å². The van der Waals surface area contributed by atoms with Gasteiger partial charge in [0.2, 0.25) is 15.9 Å². The van der Waals surface area contributed by atoms with Crippen molar-refractivity contribution in [3.05, 3.63) is 77.9 Å². The SMILES string of the molecule is O=C(C[C@@H]1C=C[C@@H](NS(=O)(=O)c2ccccc2)[C@@H](CO)O1)N1CCc2ccccc2C1. The third-order valence-corrected chi connectivity index (χ3v) is 7.14. The van der Waals surface area contributed by atoms with Gasteiger partial charge in [-0.1, -0.05) is 54.6 Å². The van der Waals surface area contributed by atoms with E-state index in [0.717, 1.165) is 12.0 Å². The molecule has 0 radical (unpaired) electrons. The normalized spacial score (nSPS) is 23.4. The zero-order valence-corrected chi connectivity index (χ0v) is 17.9. The summed E-state index contributed by atoms with van der Waals surface area (Å²) in [5.74, 6) is -0.0239. The Kier molecular flexibility index (Phi) is 6.52. The minimum absolute atomic E-state index is 0.0239. The molecule has 7 nitrogen and oxygen atoms in total. The van der Waals surface area contributed by atoms with Gasteiger partial charge in [-0.2, -0.15) is 0 Å². The van der Waals surface area contributed by atoms with Crippen molar-refractivity contribution in [1.29, 1.82) is 0 Å². The number of hydrogen-bond acceptors (Lipinski definition) is 5. The van der Waals surface area contributed by atoms with Gasteiger partial charge in [-0.15, -0.1) is 0 Å². The summed E-state index contributed by atoms with van der Waals surface area (Å²) < 4.78 is 33.6. The maximum absolute atomic E-state index is 12.8. The molecule has 2 heterocycles. The number of hydrogen-bond donors (Lipinski definition) is 2. The standard InChI is InChI=1S/C23H26N2O5S/c26-16-22-21(24-31(28,29)20-8-2-1-3-9-20)11-10-19(30-22)14-23(27)25-13-12-17-6-4-5-7-18(17)15-25/h1-11,19,21-22,24,26H,12-16H2/t19-,21+,22+/m0/s1. The van der Waals surface area contributed by atoms with Crippen molar-refractivity contribution < 1.29 is 23.1 Å². The first-order valence-corrected chi connectivity index (χ1v) is 11.8. The summed E-state index contributed by atoms with van der Waals surface area (Å²) in [5.41, 5.74) is 2.43. The molecule has 4 rings (SSSR count). The third kappa shape index (κ3) is 5.04. The quantitative estimate of drug-likeness (QED) is 0.663. The van der Waals surface area contributed by atoms with Gasteiger partial charge in [0.1, 0.15) is 6.10 Å². The Morgan fingerprint density at radius 1 is 1.06 bits per heavy atom. The van der Waals surface area contributed by atoms with Crippen LogP contribution in [0.5, 0.6) is 0 Å². The molecule has 1 amide bonds. The topological polar surface area (TPSA) is 95.9 Å². The van der Waals surface area contributed by atoms with Crippen molar-refractivity contribution in [3.8, 4) is 0 Å². The van der Waals surface area contributed by atoms with Gasteiger partial charge in [0, 0.05) is 13.1 Å². The van der Waals surface area contributed by atoms with Gasteiger partial charge < -0.3 is 14.7 Å². The predicted octanol–water partition coefficient (Wildman–Crippen LogP) is 1.62. The number of rotatable bonds is 6. The van der Waals surface area contributed by atoms with Crippen LogP contribution >= 0.6 is 0 Å². The van der Waals surface area contributed by atoms with Crippen LogP contribution in [-0.2, 0) is 32.5 Å². The van der Waals surface area contributed by atoms with Crippen LogP contribution in [0, 0.1) is 0 Å². The Morgan fingerprint density at radius 2 is 1.77 bits per heavy atom. The molecule has 3 atom stereocenters. The molecule has 31 heavy (non-hydrogen) atoms. The number of carbonyl (C=O) groups is 1. The van der Waals surface area contributed by atoms with Gasteiger partial charge in [0.25, 0.3) is 0 Å². The molecule has 0 aliphatic carbocycles. The molecule has 2 aromatic rings. The molecule has 8 heteroatoms. The number of nitrogens with zero attached hydrogens (tertiary/aromatic N) is 1. The molecule has 164 valence electrons. The van der Waals surface area contributed by atoms with E-state index in [4.69, 9.17) is 4.74 Å². The van der Waals surface area contributed by atoms with Crippen LogP contribution in [0.3, 0.4) is 0 Å². The number of aliphatic hydroxyl groups excluding tert-OH is 1. The van der Waals surface area contributed by atoms with Crippen LogP contribution in [-0.4, -0.2) is 55.7 Å². The van der Waals surface area contributed by atoms with E-state index in [-0.39, 0.29) is 23.8 Å². The molecule has 0 aromatic heterocycles. The number of nitrogens with one attached hydrogen (secondary N) is 1. The molecular weight excluding hydrogens is 416 g/mol. The first-order chi connectivity index (χ1) is 15.0. The van der Waals surface area contributed by atoms with Gasteiger partial charge >= 0.3 is 0 Å². The molecule has 2 N–H and O–H groups in total. The average molecular weight is 443 g/mol. The van der Waals surface area contributed by atoms with Crippen LogP contribution in [0.25, 0.3) is 0 Å². The lowest BCUT2D eigenvalue weighted by Gasteiger charge is -2.33. The summed E-state index contributed by atoms with van der Waals surface area (Å²) in [7, 11) is -3.76. The lowest BCUT2D eigenvalue weighted by Crippen LogP contribution is -2.49. The second-order valence-electron chi connectivity index (χ2n) is 7.78. The van der Waals surface area contributed by atoms with E-state index >= 15 is 0 Å². The van der Waals surface area contributed by atoms with Crippen LogP contribution in [0.1, 0.15) is 17.5 Å². The summed E-state index contributed by atoms with van der Waals surface area (Å²) in [6.45, 7) is 0.873. The smallest absolute Gasteiger partial charge is 0.241 e. The average Bonchev–Trinajstić information content (AvgIpc) is 2.80. The highest BCUT2D eigenvalue weighted by molar-refractivity contribution is 7.89. The van der Waals surface area contributed by atoms with E-state index in [2.05, 4.69) is 10.8 Å². The highest BCUT2D eigenvalue weighted by Gasteiger charge is 2.32. The van der Waals surface area contributed by atoms with Crippen molar-refractivity contribution in [1.82, 2.24) is 9.62 Å². The summed E-state index contributed by atoms with van der Waals surface area (Å²) >= 11 is 0. The Bertz CT molecular complexity index is 1050. The molecule has 0 bridgehead atoms. The summed E-state index contributed by atoms with van der Waals surface area (Å²) in [4.78, 5) is 14.8. The van der Waals surface area contributed by atoms with E-state index < -0.39 is 28.3 Å². The first-order valence-electron chi connectivity index (χ1n) is 10.3. The van der Waals surface area contributed by atoms with Gasteiger partial charge in [0.15, 0.2) is 0 Å². The minimum atomic E-state index is -3.76. The highest BCUT2D eigenvalue weighted by Crippen LogP contribution is 2.22. The van der Waals surface area contributed by atoms with Gasteiger partial charge in [-0.3, -0.25) is 4.79 Å². The second-order valence-corrected chi connectivity index (χ2v) is 9.49. The molecule has 0 fully saturated rings. The van der Waals surface area contributed by atoms with E-state index in [0.29, 0.717) is 13.1 Å². The lowest BCUT2D eigenvalue weighted by atomic mass is 9.99. The number of ether oxygens (including phenoxy) is 1. The number of benzene rings is 2. The van der Waals surface area contributed by atoms with Crippen molar-refractivity contribution in [2.45, 2.75) is 42.5 Å².